The Hall–Kier alpha value is -0.200. The van der Waals surface area contributed by atoms with Gasteiger partial charge in [-0.1, -0.05) is 0 Å². The Morgan fingerprint density at radius 1 is 1.05 bits per heavy atom. The number of methoxy groups -OCH3 is 1. The van der Waals surface area contributed by atoms with E-state index in [4.69, 9.17) is 25.8 Å². The summed E-state index contributed by atoms with van der Waals surface area (Å²) < 4.78 is 15.8. The van der Waals surface area contributed by atoms with Crippen molar-refractivity contribution in [1.82, 2.24) is 4.98 Å². The molecule has 0 amide bonds. The lowest BCUT2D eigenvalue weighted by Gasteiger charge is -2.05. The fourth-order valence-electron chi connectivity index (χ4n) is 1.63. The molecule has 0 aliphatic heterocycles. The SMILES string of the molecule is COCCCOCCOCCCCc1nc(CCl)cs1. The van der Waals surface area contributed by atoms with E-state index < -0.39 is 0 Å². The van der Waals surface area contributed by atoms with Gasteiger partial charge in [0, 0.05) is 32.3 Å². The lowest BCUT2D eigenvalue weighted by atomic mass is 10.2. The van der Waals surface area contributed by atoms with Crippen LogP contribution in [0.25, 0.3) is 0 Å². The third kappa shape index (κ3) is 8.87. The molecule has 1 aromatic heterocycles. The second-order valence-electron chi connectivity index (χ2n) is 4.39. The van der Waals surface area contributed by atoms with Gasteiger partial charge in [0.1, 0.15) is 0 Å². The van der Waals surface area contributed by atoms with Crippen molar-refractivity contribution < 1.29 is 14.2 Å². The van der Waals surface area contributed by atoms with Crippen LogP contribution in [-0.2, 0) is 26.5 Å². The van der Waals surface area contributed by atoms with Gasteiger partial charge in [-0.3, -0.25) is 0 Å². The van der Waals surface area contributed by atoms with Crippen molar-refractivity contribution in [3.05, 3.63) is 16.1 Å². The zero-order valence-electron chi connectivity index (χ0n) is 12.1. The van der Waals surface area contributed by atoms with E-state index in [1.165, 1.54) is 5.01 Å². The van der Waals surface area contributed by atoms with Gasteiger partial charge >= 0.3 is 0 Å². The number of alkyl halides is 1. The van der Waals surface area contributed by atoms with Crippen molar-refractivity contribution >= 4 is 22.9 Å². The minimum Gasteiger partial charge on any atom is -0.385 e. The molecular formula is C14H24ClNO3S. The molecule has 0 saturated heterocycles. The largest absolute Gasteiger partial charge is 0.385 e. The van der Waals surface area contributed by atoms with E-state index in [0.717, 1.165) is 51.2 Å². The van der Waals surface area contributed by atoms with Crippen LogP contribution in [0.4, 0.5) is 0 Å². The minimum absolute atomic E-state index is 0.504. The van der Waals surface area contributed by atoms with E-state index in [-0.39, 0.29) is 0 Å². The predicted octanol–water partition coefficient (Wildman–Crippen LogP) is 3.27. The lowest BCUT2D eigenvalue weighted by Crippen LogP contribution is -2.07. The number of unbranched alkanes of at least 4 members (excludes halogenated alkanes) is 1. The van der Waals surface area contributed by atoms with Crippen LogP contribution in [0.2, 0.25) is 0 Å². The van der Waals surface area contributed by atoms with Crippen molar-refractivity contribution in [3.8, 4) is 0 Å². The minimum atomic E-state index is 0.504. The van der Waals surface area contributed by atoms with Gasteiger partial charge in [-0.2, -0.15) is 0 Å². The molecule has 20 heavy (non-hydrogen) atoms. The fraction of sp³-hybridized carbons (Fsp3) is 0.786. The van der Waals surface area contributed by atoms with Gasteiger partial charge in [-0.15, -0.1) is 22.9 Å². The van der Waals surface area contributed by atoms with Gasteiger partial charge < -0.3 is 14.2 Å². The number of ether oxygens (including phenoxy) is 3. The molecule has 0 spiro atoms. The molecule has 116 valence electrons. The molecule has 0 unspecified atom stereocenters. The molecular weight excluding hydrogens is 298 g/mol. The first kappa shape index (κ1) is 17.9. The highest BCUT2D eigenvalue weighted by Gasteiger charge is 2.00. The zero-order chi connectivity index (χ0) is 14.5. The molecule has 0 aromatic carbocycles. The van der Waals surface area contributed by atoms with Gasteiger partial charge in [0.05, 0.1) is 29.8 Å². The Morgan fingerprint density at radius 3 is 2.45 bits per heavy atom. The van der Waals surface area contributed by atoms with Crippen molar-refractivity contribution in [2.24, 2.45) is 0 Å². The van der Waals surface area contributed by atoms with Crippen LogP contribution in [0.15, 0.2) is 5.38 Å². The quantitative estimate of drug-likeness (QED) is 0.413. The summed E-state index contributed by atoms with van der Waals surface area (Å²) in [5.41, 5.74) is 0.980. The first-order valence-corrected chi connectivity index (χ1v) is 8.42. The molecule has 0 aliphatic carbocycles. The van der Waals surface area contributed by atoms with Crippen LogP contribution in [0, 0.1) is 0 Å². The highest BCUT2D eigenvalue weighted by molar-refractivity contribution is 7.09. The van der Waals surface area contributed by atoms with Gasteiger partial charge in [0.15, 0.2) is 0 Å². The number of aromatic nitrogens is 1. The molecule has 1 heterocycles. The third-order valence-electron chi connectivity index (χ3n) is 2.67. The summed E-state index contributed by atoms with van der Waals surface area (Å²) in [4.78, 5) is 4.43. The van der Waals surface area contributed by atoms with E-state index in [1.807, 2.05) is 5.38 Å². The van der Waals surface area contributed by atoms with E-state index in [2.05, 4.69) is 4.98 Å². The van der Waals surface area contributed by atoms with Crippen LogP contribution in [-0.4, -0.2) is 45.1 Å². The molecule has 4 nitrogen and oxygen atoms in total. The normalized spacial score (nSPS) is 11.1. The monoisotopic (exact) mass is 321 g/mol. The average molecular weight is 322 g/mol. The number of hydrogen-bond donors (Lipinski definition) is 0. The molecule has 0 radical (unpaired) electrons. The average Bonchev–Trinajstić information content (AvgIpc) is 2.93. The second-order valence-corrected chi connectivity index (χ2v) is 5.60. The Labute approximate surface area is 130 Å². The third-order valence-corrected chi connectivity index (χ3v) is 3.91. The number of nitrogens with zero attached hydrogens (tertiary/aromatic N) is 1. The van der Waals surface area contributed by atoms with Crippen LogP contribution < -0.4 is 0 Å². The van der Waals surface area contributed by atoms with Gasteiger partial charge in [-0.25, -0.2) is 4.98 Å². The van der Waals surface area contributed by atoms with E-state index in [9.17, 15) is 0 Å². The maximum absolute atomic E-state index is 5.72. The molecule has 0 saturated carbocycles. The zero-order valence-corrected chi connectivity index (χ0v) is 13.7. The number of aryl methyl sites for hydroxylation is 1. The number of hydrogen-bond acceptors (Lipinski definition) is 5. The summed E-state index contributed by atoms with van der Waals surface area (Å²) in [7, 11) is 1.70. The van der Waals surface area contributed by atoms with E-state index in [1.54, 1.807) is 18.4 Å². The van der Waals surface area contributed by atoms with E-state index in [0.29, 0.717) is 19.1 Å². The summed E-state index contributed by atoms with van der Waals surface area (Å²) in [5.74, 6) is 0.504. The van der Waals surface area contributed by atoms with Crippen molar-refractivity contribution in [2.45, 2.75) is 31.6 Å². The van der Waals surface area contributed by atoms with Crippen LogP contribution in [0.1, 0.15) is 30.0 Å². The number of halogens is 1. The highest BCUT2D eigenvalue weighted by Crippen LogP contribution is 2.13. The number of thiazole rings is 1. The van der Waals surface area contributed by atoms with Crippen molar-refractivity contribution in [3.63, 3.8) is 0 Å². The maximum atomic E-state index is 5.72. The Kier molecular flexibility index (Phi) is 11.2. The smallest absolute Gasteiger partial charge is 0.0928 e. The molecule has 1 aromatic rings. The summed E-state index contributed by atoms with van der Waals surface area (Å²) in [6, 6.07) is 0. The molecule has 1 rings (SSSR count). The molecule has 0 N–H and O–H groups in total. The molecule has 0 aliphatic rings. The van der Waals surface area contributed by atoms with Gasteiger partial charge in [0.2, 0.25) is 0 Å². The molecule has 0 atom stereocenters. The summed E-state index contributed by atoms with van der Waals surface area (Å²) in [6.07, 6.45) is 4.11. The van der Waals surface area contributed by atoms with Gasteiger partial charge in [0.25, 0.3) is 0 Å². The highest BCUT2D eigenvalue weighted by atomic mass is 35.5. The first-order chi connectivity index (χ1) is 9.86. The lowest BCUT2D eigenvalue weighted by molar-refractivity contribution is 0.0388. The molecule has 0 bridgehead atoms. The Bertz CT molecular complexity index is 336. The fourth-order valence-corrected chi connectivity index (χ4v) is 2.70. The van der Waals surface area contributed by atoms with Crippen LogP contribution >= 0.6 is 22.9 Å². The summed E-state index contributed by atoms with van der Waals surface area (Å²) in [6.45, 7) is 3.61. The predicted molar refractivity (Wildman–Crippen MR) is 82.7 cm³/mol. The van der Waals surface area contributed by atoms with E-state index >= 15 is 0 Å². The van der Waals surface area contributed by atoms with Crippen molar-refractivity contribution in [2.75, 3.05) is 40.1 Å². The van der Waals surface area contributed by atoms with Crippen molar-refractivity contribution in [1.29, 1.82) is 0 Å². The maximum Gasteiger partial charge on any atom is 0.0928 e. The summed E-state index contributed by atoms with van der Waals surface area (Å²) in [5, 5.41) is 3.20. The molecule has 0 fully saturated rings. The second kappa shape index (κ2) is 12.5. The topological polar surface area (TPSA) is 40.6 Å². The van der Waals surface area contributed by atoms with Crippen LogP contribution in [0.3, 0.4) is 0 Å². The Balaban J connectivity index is 1.83. The summed E-state index contributed by atoms with van der Waals surface area (Å²) >= 11 is 7.41. The molecule has 6 heteroatoms. The van der Waals surface area contributed by atoms with Gasteiger partial charge in [-0.05, 0) is 25.7 Å². The first-order valence-electron chi connectivity index (χ1n) is 7.00. The Morgan fingerprint density at radius 2 is 1.80 bits per heavy atom. The standard InChI is InChI=1S/C14H24ClNO3S/c1-17-6-4-8-19-10-9-18-7-3-2-5-14-16-13(11-15)12-20-14/h12H,2-11H2,1H3. The number of rotatable bonds is 13. The van der Waals surface area contributed by atoms with Crippen LogP contribution in [0.5, 0.6) is 0 Å².